The van der Waals surface area contributed by atoms with Crippen molar-refractivity contribution in [3.05, 3.63) is 59.2 Å². The van der Waals surface area contributed by atoms with Crippen LogP contribution in [0.15, 0.2) is 42.5 Å². The topological polar surface area (TPSA) is 74.1 Å². The van der Waals surface area contributed by atoms with Crippen LogP contribution >= 0.6 is 0 Å². The number of aromatic nitrogens is 3. The van der Waals surface area contributed by atoms with Gasteiger partial charge in [0.15, 0.2) is 6.10 Å². The third kappa shape index (κ3) is 3.42. The molecule has 128 valence electrons. The first kappa shape index (κ1) is 16.8. The van der Waals surface area contributed by atoms with Crippen molar-refractivity contribution in [3.63, 3.8) is 0 Å². The van der Waals surface area contributed by atoms with Gasteiger partial charge in [-0.15, -0.1) is 5.10 Å². The monoisotopic (exact) mass is 337 g/mol. The fraction of sp³-hybridized carbons (Fsp3) is 0.263. The molecular formula is C19H19N3O3. The molecule has 2 aromatic carbocycles. The molecular weight excluding hydrogens is 318 g/mol. The van der Waals surface area contributed by atoms with Gasteiger partial charge in [-0.2, -0.15) is 0 Å². The summed E-state index contributed by atoms with van der Waals surface area (Å²) in [5.74, 6) is -0.785. The van der Waals surface area contributed by atoms with E-state index in [1.54, 1.807) is 41.9 Å². The second-order valence-corrected chi connectivity index (χ2v) is 5.89. The standard InChI is InChI=1S/C19H19N3O3/c1-4-22-17-10-9-15(11-16(17)20-21-22)19(24)25-13(3)18(23)14-7-5-12(2)6-8-14/h5-11,13H,4H2,1-3H3. The first-order chi connectivity index (χ1) is 12.0. The number of Topliss-reactive ketones (excluding diaryl/α,β-unsaturated/α-hetero) is 1. The van der Waals surface area contributed by atoms with Gasteiger partial charge in [-0.25, -0.2) is 9.48 Å². The Morgan fingerprint density at radius 3 is 2.48 bits per heavy atom. The highest BCUT2D eigenvalue weighted by Gasteiger charge is 2.21. The fourth-order valence-electron chi connectivity index (χ4n) is 2.57. The van der Waals surface area contributed by atoms with Gasteiger partial charge in [0, 0.05) is 12.1 Å². The molecule has 3 aromatic rings. The van der Waals surface area contributed by atoms with Crippen LogP contribution < -0.4 is 0 Å². The molecule has 3 rings (SSSR count). The fourth-order valence-corrected chi connectivity index (χ4v) is 2.57. The van der Waals surface area contributed by atoms with Crippen molar-refractivity contribution in [2.45, 2.75) is 33.4 Å². The number of aryl methyl sites for hydroxylation is 2. The number of fused-ring (bicyclic) bond motifs is 1. The Kier molecular flexibility index (Phi) is 4.61. The number of hydrogen-bond acceptors (Lipinski definition) is 5. The molecule has 0 fully saturated rings. The molecule has 0 radical (unpaired) electrons. The first-order valence-electron chi connectivity index (χ1n) is 8.14. The van der Waals surface area contributed by atoms with Gasteiger partial charge in [-0.3, -0.25) is 4.79 Å². The zero-order valence-electron chi connectivity index (χ0n) is 14.4. The predicted molar refractivity (Wildman–Crippen MR) is 93.6 cm³/mol. The summed E-state index contributed by atoms with van der Waals surface area (Å²) in [6, 6.07) is 12.2. The molecule has 0 saturated carbocycles. The van der Waals surface area contributed by atoms with E-state index >= 15 is 0 Å². The van der Waals surface area contributed by atoms with Gasteiger partial charge in [0.2, 0.25) is 5.78 Å². The molecule has 6 nitrogen and oxygen atoms in total. The van der Waals surface area contributed by atoms with E-state index in [2.05, 4.69) is 10.3 Å². The molecule has 1 unspecified atom stereocenters. The number of rotatable bonds is 5. The minimum Gasteiger partial charge on any atom is -0.451 e. The Hall–Kier alpha value is -3.02. The van der Waals surface area contributed by atoms with Crippen LogP contribution in [-0.2, 0) is 11.3 Å². The maximum Gasteiger partial charge on any atom is 0.338 e. The van der Waals surface area contributed by atoms with Gasteiger partial charge in [0.1, 0.15) is 5.52 Å². The van der Waals surface area contributed by atoms with Crippen LogP contribution in [0.3, 0.4) is 0 Å². The van der Waals surface area contributed by atoms with Crippen molar-refractivity contribution in [3.8, 4) is 0 Å². The van der Waals surface area contributed by atoms with Crippen molar-refractivity contribution in [2.75, 3.05) is 0 Å². The molecule has 0 aliphatic rings. The van der Waals surface area contributed by atoms with E-state index in [1.807, 2.05) is 26.0 Å². The number of ketones is 1. The maximum atomic E-state index is 12.4. The average molecular weight is 337 g/mol. The second-order valence-electron chi connectivity index (χ2n) is 5.89. The Morgan fingerprint density at radius 2 is 1.80 bits per heavy atom. The van der Waals surface area contributed by atoms with Gasteiger partial charge in [-0.1, -0.05) is 35.0 Å². The van der Waals surface area contributed by atoms with Gasteiger partial charge >= 0.3 is 5.97 Å². The summed E-state index contributed by atoms with van der Waals surface area (Å²) in [5, 5.41) is 8.05. The summed E-state index contributed by atoms with van der Waals surface area (Å²) in [4.78, 5) is 24.7. The van der Waals surface area contributed by atoms with Crippen molar-refractivity contribution in [1.29, 1.82) is 0 Å². The number of benzene rings is 2. The summed E-state index contributed by atoms with van der Waals surface area (Å²) in [6.45, 7) is 6.19. The first-order valence-corrected chi connectivity index (χ1v) is 8.14. The average Bonchev–Trinajstić information content (AvgIpc) is 3.03. The Labute approximate surface area is 145 Å². The van der Waals surface area contributed by atoms with Gasteiger partial charge in [-0.05, 0) is 39.0 Å². The van der Waals surface area contributed by atoms with Crippen LogP contribution in [0.4, 0.5) is 0 Å². The number of nitrogens with zero attached hydrogens (tertiary/aromatic N) is 3. The van der Waals surface area contributed by atoms with Gasteiger partial charge in [0.25, 0.3) is 0 Å². The Morgan fingerprint density at radius 1 is 1.12 bits per heavy atom. The summed E-state index contributed by atoms with van der Waals surface area (Å²) in [5.41, 5.74) is 3.40. The van der Waals surface area contributed by atoms with Crippen LogP contribution in [0.5, 0.6) is 0 Å². The van der Waals surface area contributed by atoms with Crippen molar-refractivity contribution in [2.24, 2.45) is 0 Å². The number of carbonyl (C=O) groups is 2. The minimum absolute atomic E-state index is 0.230. The highest BCUT2D eigenvalue weighted by atomic mass is 16.5. The lowest BCUT2D eigenvalue weighted by Crippen LogP contribution is -2.24. The summed E-state index contributed by atoms with van der Waals surface area (Å²) < 4.78 is 7.07. The number of esters is 1. The van der Waals surface area contributed by atoms with Crippen LogP contribution in [0, 0.1) is 6.92 Å². The molecule has 25 heavy (non-hydrogen) atoms. The lowest BCUT2D eigenvalue weighted by atomic mass is 10.1. The molecule has 1 aromatic heterocycles. The SMILES string of the molecule is CCn1nnc2cc(C(=O)OC(C)C(=O)c3ccc(C)cc3)ccc21. The predicted octanol–water partition coefficient (Wildman–Crippen LogP) is 3.19. The molecule has 6 heteroatoms. The molecule has 0 spiro atoms. The van der Waals surface area contributed by atoms with Crippen molar-refractivity contribution >= 4 is 22.8 Å². The van der Waals surface area contributed by atoms with Crippen LogP contribution in [0.1, 0.15) is 40.1 Å². The maximum absolute atomic E-state index is 12.4. The quantitative estimate of drug-likeness (QED) is 0.528. The molecule has 0 N–H and O–H groups in total. The van der Waals surface area contributed by atoms with Crippen molar-refractivity contribution < 1.29 is 14.3 Å². The Bertz CT molecular complexity index is 929. The van der Waals surface area contributed by atoms with Crippen LogP contribution in [0.2, 0.25) is 0 Å². The van der Waals surface area contributed by atoms with E-state index in [1.165, 1.54) is 0 Å². The minimum atomic E-state index is -0.864. The van der Waals surface area contributed by atoms with E-state index in [0.717, 1.165) is 11.1 Å². The Balaban J connectivity index is 1.74. The van der Waals surface area contributed by atoms with E-state index in [-0.39, 0.29) is 5.78 Å². The highest BCUT2D eigenvalue weighted by Crippen LogP contribution is 2.16. The molecule has 1 atom stereocenters. The molecule has 0 saturated heterocycles. The van der Waals surface area contributed by atoms with Gasteiger partial charge in [0.05, 0.1) is 11.1 Å². The third-order valence-corrected chi connectivity index (χ3v) is 4.04. The zero-order valence-corrected chi connectivity index (χ0v) is 14.4. The molecule has 1 heterocycles. The van der Waals surface area contributed by atoms with E-state index in [0.29, 0.717) is 23.2 Å². The van der Waals surface area contributed by atoms with Gasteiger partial charge < -0.3 is 4.74 Å². The second kappa shape index (κ2) is 6.84. The lowest BCUT2D eigenvalue weighted by Gasteiger charge is -2.12. The smallest absolute Gasteiger partial charge is 0.338 e. The zero-order chi connectivity index (χ0) is 18.0. The highest BCUT2D eigenvalue weighted by molar-refractivity contribution is 6.01. The number of ether oxygens (including phenoxy) is 1. The number of hydrogen-bond donors (Lipinski definition) is 0. The molecule has 0 bridgehead atoms. The van der Waals surface area contributed by atoms with Crippen LogP contribution in [0.25, 0.3) is 11.0 Å². The normalized spacial score (nSPS) is 12.1. The van der Waals surface area contributed by atoms with E-state index in [9.17, 15) is 9.59 Å². The van der Waals surface area contributed by atoms with Crippen LogP contribution in [-0.4, -0.2) is 32.9 Å². The summed E-state index contributed by atoms with van der Waals surface area (Å²) in [6.07, 6.45) is -0.864. The summed E-state index contributed by atoms with van der Waals surface area (Å²) in [7, 11) is 0. The lowest BCUT2D eigenvalue weighted by molar-refractivity contribution is 0.0319. The third-order valence-electron chi connectivity index (χ3n) is 4.04. The molecule has 0 aliphatic carbocycles. The van der Waals surface area contributed by atoms with E-state index in [4.69, 9.17) is 4.74 Å². The van der Waals surface area contributed by atoms with Crippen molar-refractivity contribution in [1.82, 2.24) is 15.0 Å². The van der Waals surface area contributed by atoms with E-state index < -0.39 is 12.1 Å². The number of carbonyl (C=O) groups excluding carboxylic acids is 2. The molecule has 0 amide bonds. The largest absolute Gasteiger partial charge is 0.451 e. The summed E-state index contributed by atoms with van der Waals surface area (Å²) >= 11 is 0. The molecule has 0 aliphatic heterocycles.